The maximum absolute atomic E-state index is 12.0. The molecule has 0 fully saturated rings. The van der Waals surface area contributed by atoms with Gasteiger partial charge in [-0.25, -0.2) is 4.79 Å². The lowest BCUT2D eigenvalue weighted by atomic mass is 10.0. The van der Waals surface area contributed by atoms with E-state index in [0.29, 0.717) is 12.1 Å². The van der Waals surface area contributed by atoms with Crippen LogP contribution in [0.5, 0.6) is 0 Å². The Hall–Kier alpha value is -1.79. The third-order valence-corrected chi connectivity index (χ3v) is 5.62. The molecule has 4 nitrogen and oxygen atoms in total. The molecule has 128 valence electrons. The summed E-state index contributed by atoms with van der Waals surface area (Å²) in [6, 6.07) is 9.59. The molecule has 1 aromatic carbocycles. The molecule has 6 heteroatoms. The number of thioether (sulfide) groups is 1. The summed E-state index contributed by atoms with van der Waals surface area (Å²) >= 11 is 3.50. The average Bonchev–Trinajstić information content (AvgIpc) is 3.08. The summed E-state index contributed by atoms with van der Waals surface area (Å²) in [6.45, 7) is 4.13. The molecule has 0 radical (unpaired) electrons. The van der Waals surface area contributed by atoms with Crippen molar-refractivity contribution in [2.75, 3.05) is 18.9 Å². The van der Waals surface area contributed by atoms with Crippen molar-refractivity contribution in [3.05, 3.63) is 57.3 Å². The number of amides is 1. The van der Waals surface area contributed by atoms with Crippen LogP contribution in [-0.2, 0) is 15.3 Å². The van der Waals surface area contributed by atoms with Crippen LogP contribution in [-0.4, -0.2) is 30.8 Å². The maximum Gasteiger partial charge on any atom is 0.338 e. The number of hydrogen-bond acceptors (Lipinski definition) is 5. The molecular formula is C18H21NO3S2. The van der Waals surface area contributed by atoms with Gasteiger partial charge in [0, 0.05) is 22.9 Å². The van der Waals surface area contributed by atoms with E-state index in [1.165, 1.54) is 4.88 Å². The standard InChI is InChI=1S/C18H21NO3S2/c1-13-5-3-7-16(14(13)2)18(21)22-11-17(20)19-8-10-23-12-15-6-4-9-24-15/h3-7,9H,8,10-12H2,1-2H3,(H,19,20). The summed E-state index contributed by atoms with van der Waals surface area (Å²) in [5.41, 5.74) is 2.42. The minimum Gasteiger partial charge on any atom is -0.452 e. The lowest BCUT2D eigenvalue weighted by Gasteiger charge is -2.09. The van der Waals surface area contributed by atoms with Crippen LogP contribution in [0.25, 0.3) is 0 Å². The third-order valence-electron chi connectivity index (χ3n) is 3.55. The molecule has 0 unspecified atom stereocenters. The second-order valence-electron chi connectivity index (χ2n) is 5.31. The second kappa shape index (κ2) is 9.49. The Labute approximate surface area is 150 Å². The number of carbonyl (C=O) groups is 2. The number of hydrogen-bond donors (Lipinski definition) is 1. The molecule has 0 atom stereocenters. The van der Waals surface area contributed by atoms with E-state index >= 15 is 0 Å². The first-order valence-corrected chi connectivity index (χ1v) is 9.71. The Morgan fingerprint density at radius 2 is 2.04 bits per heavy atom. The van der Waals surface area contributed by atoms with Gasteiger partial charge < -0.3 is 10.1 Å². The monoisotopic (exact) mass is 363 g/mol. The summed E-state index contributed by atoms with van der Waals surface area (Å²) in [4.78, 5) is 25.1. The lowest BCUT2D eigenvalue weighted by molar-refractivity contribution is -0.124. The molecule has 1 heterocycles. The van der Waals surface area contributed by atoms with Crippen LogP contribution >= 0.6 is 23.1 Å². The van der Waals surface area contributed by atoms with Crippen molar-refractivity contribution in [2.24, 2.45) is 0 Å². The molecule has 0 spiro atoms. The minimum absolute atomic E-state index is 0.248. The van der Waals surface area contributed by atoms with Crippen molar-refractivity contribution in [3.63, 3.8) is 0 Å². The predicted octanol–water partition coefficient (Wildman–Crippen LogP) is 3.57. The quantitative estimate of drug-likeness (QED) is 0.575. The van der Waals surface area contributed by atoms with Crippen molar-refractivity contribution in [2.45, 2.75) is 19.6 Å². The highest BCUT2D eigenvalue weighted by Gasteiger charge is 2.13. The summed E-state index contributed by atoms with van der Waals surface area (Å²) < 4.78 is 5.09. The molecule has 2 aromatic rings. The first kappa shape index (κ1) is 18.5. The summed E-state index contributed by atoms with van der Waals surface area (Å²) in [6.07, 6.45) is 0. The molecular weight excluding hydrogens is 342 g/mol. The van der Waals surface area contributed by atoms with Gasteiger partial charge in [-0.15, -0.1) is 11.3 Å². The number of aryl methyl sites for hydroxylation is 1. The van der Waals surface area contributed by atoms with Crippen LogP contribution < -0.4 is 5.32 Å². The zero-order chi connectivity index (χ0) is 17.4. The zero-order valence-electron chi connectivity index (χ0n) is 13.8. The fourth-order valence-electron chi connectivity index (χ4n) is 2.06. The van der Waals surface area contributed by atoms with Gasteiger partial charge in [0.1, 0.15) is 0 Å². The van der Waals surface area contributed by atoms with E-state index in [2.05, 4.69) is 16.8 Å². The smallest absolute Gasteiger partial charge is 0.338 e. The highest BCUT2D eigenvalue weighted by molar-refractivity contribution is 7.98. The van der Waals surface area contributed by atoms with E-state index in [9.17, 15) is 9.59 Å². The Bertz CT molecular complexity index is 684. The molecule has 24 heavy (non-hydrogen) atoms. The fourth-order valence-corrected chi connectivity index (χ4v) is 3.76. The predicted molar refractivity (Wildman–Crippen MR) is 99.7 cm³/mol. The Balaban J connectivity index is 1.64. The Kier molecular flexibility index (Phi) is 7.34. The van der Waals surface area contributed by atoms with Crippen LogP contribution in [0.15, 0.2) is 35.7 Å². The molecule has 1 aromatic heterocycles. The van der Waals surface area contributed by atoms with E-state index < -0.39 is 5.97 Å². The van der Waals surface area contributed by atoms with Crippen molar-refractivity contribution >= 4 is 35.0 Å². The average molecular weight is 364 g/mol. The third kappa shape index (κ3) is 5.69. The molecule has 0 saturated heterocycles. The number of carbonyl (C=O) groups excluding carboxylic acids is 2. The number of ether oxygens (including phenoxy) is 1. The van der Waals surface area contributed by atoms with Crippen molar-refractivity contribution in [1.82, 2.24) is 5.32 Å². The van der Waals surface area contributed by atoms with Gasteiger partial charge in [0.05, 0.1) is 5.56 Å². The molecule has 0 aliphatic carbocycles. The lowest BCUT2D eigenvalue weighted by Crippen LogP contribution is -2.30. The van der Waals surface area contributed by atoms with Gasteiger partial charge in [-0.05, 0) is 42.5 Å². The summed E-state index contributed by atoms with van der Waals surface area (Å²) in [5.74, 6) is 1.05. The topological polar surface area (TPSA) is 55.4 Å². The van der Waals surface area contributed by atoms with Crippen LogP contribution in [0.3, 0.4) is 0 Å². The maximum atomic E-state index is 12.0. The molecule has 0 saturated carbocycles. The van der Waals surface area contributed by atoms with Gasteiger partial charge in [0.25, 0.3) is 5.91 Å². The number of rotatable bonds is 8. The molecule has 1 amide bonds. The largest absolute Gasteiger partial charge is 0.452 e. The number of thiophene rings is 1. The molecule has 0 bridgehead atoms. The molecule has 0 aliphatic heterocycles. The van der Waals surface area contributed by atoms with Crippen LogP contribution in [0, 0.1) is 13.8 Å². The Morgan fingerprint density at radius 1 is 1.21 bits per heavy atom. The number of esters is 1. The van der Waals surface area contributed by atoms with Crippen molar-refractivity contribution in [3.8, 4) is 0 Å². The van der Waals surface area contributed by atoms with E-state index in [0.717, 1.165) is 22.6 Å². The van der Waals surface area contributed by atoms with Gasteiger partial charge in [0.15, 0.2) is 6.61 Å². The first-order chi connectivity index (χ1) is 11.6. The van der Waals surface area contributed by atoms with Crippen LogP contribution in [0.2, 0.25) is 0 Å². The zero-order valence-corrected chi connectivity index (χ0v) is 15.5. The van der Waals surface area contributed by atoms with Gasteiger partial charge >= 0.3 is 5.97 Å². The fraction of sp³-hybridized carbons (Fsp3) is 0.333. The van der Waals surface area contributed by atoms with E-state index in [1.807, 2.05) is 32.0 Å². The highest BCUT2D eigenvalue weighted by Crippen LogP contribution is 2.16. The van der Waals surface area contributed by atoms with Crippen LogP contribution in [0.1, 0.15) is 26.4 Å². The van der Waals surface area contributed by atoms with Gasteiger partial charge in [-0.1, -0.05) is 18.2 Å². The number of nitrogens with one attached hydrogen (secondary N) is 1. The normalized spacial score (nSPS) is 10.4. The molecule has 1 N–H and O–H groups in total. The summed E-state index contributed by atoms with van der Waals surface area (Å²) in [5, 5.41) is 4.82. The SMILES string of the molecule is Cc1cccc(C(=O)OCC(=O)NCCSCc2cccs2)c1C. The van der Waals surface area contributed by atoms with Crippen LogP contribution in [0.4, 0.5) is 0 Å². The molecule has 2 rings (SSSR count). The Morgan fingerprint density at radius 3 is 2.79 bits per heavy atom. The van der Waals surface area contributed by atoms with E-state index in [1.54, 1.807) is 29.2 Å². The van der Waals surface area contributed by atoms with E-state index in [-0.39, 0.29) is 12.5 Å². The van der Waals surface area contributed by atoms with Gasteiger partial charge in [-0.3, -0.25) is 4.79 Å². The minimum atomic E-state index is -0.460. The number of benzene rings is 1. The van der Waals surface area contributed by atoms with Crippen molar-refractivity contribution in [1.29, 1.82) is 0 Å². The summed E-state index contributed by atoms with van der Waals surface area (Å²) in [7, 11) is 0. The van der Waals surface area contributed by atoms with Gasteiger partial charge in [0.2, 0.25) is 0 Å². The van der Waals surface area contributed by atoms with E-state index in [4.69, 9.17) is 4.74 Å². The van der Waals surface area contributed by atoms with Crippen molar-refractivity contribution < 1.29 is 14.3 Å². The molecule has 0 aliphatic rings. The second-order valence-corrected chi connectivity index (χ2v) is 7.44. The highest BCUT2D eigenvalue weighted by atomic mass is 32.2. The van der Waals surface area contributed by atoms with Gasteiger partial charge in [-0.2, -0.15) is 11.8 Å². The first-order valence-electron chi connectivity index (χ1n) is 7.68.